The van der Waals surface area contributed by atoms with E-state index in [0.717, 1.165) is 38.5 Å². The molecule has 1 aliphatic heterocycles. The first-order valence-corrected chi connectivity index (χ1v) is 23.2. The molecule has 0 bridgehead atoms. The average Bonchev–Trinajstić information content (AvgIpc) is 3.14. The molecule has 1 fully saturated rings. The highest BCUT2D eigenvalue weighted by Gasteiger charge is 2.48. The minimum Gasteiger partial charge on any atom is -0.457 e. The minimum absolute atomic E-state index is 0.0442. The van der Waals surface area contributed by atoms with Crippen LogP contribution in [0.3, 0.4) is 0 Å². The lowest BCUT2D eigenvalue weighted by Gasteiger charge is -2.41. The van der Waals surface area contributed by atoms with Crippen molar-refractivity contribution in [3.8, 4) is 0 Å². The molecule has 6 unspecified atom stereocenters. The first-order valence-electron chi connectivity index (χ1n) is 21.8. The van der Waals surface area contributed by atoms with Gasteiger partial charge in [0.1, 0.15) is 30.5 Å². The van der Waals surface area contributed by atoms with Gasteiger partial charge in [-0.1, -0.05) is 174 Å². The Labute approximate surface area is 328 Å². The van der Waals surface area contributed by atoms with Crippen LogP contribution >= 0.6 is 0 Å². The van der Waals surface area contributed by atoms with Crippen LogP contribution in [0, 0.1) is 0 Å². The predicted molar refractivity (Wildman–Crippen MR) is 211 cm³/mol. The van der Waals surface area contributed by atoms with E-state index in [4.69, 9.17) is 23.5 Å². The highest BCUT2D eigenvalue weighted by molar-refractivity contribution is 7.80. The van der Waals surface area contributed by atoms with Crippen molar-refractivity contribution in [1.82, 2.24) is 0 Å². The van der Waals surface area contributed by atoms with E-state index in [-0.39, 0.29) is 19.6 Å². The molecule has 1 heterocycles. The maximum absolute atomic E-state index is 12.8. The fraction of sp³-hybridized carbons (Fsp3) is 0.976. The van der Waals surface area contributed by atoms with Gasteiger partial charge in [-0.05, 0) is 12.8 Å². The third-order valence-corrected chi connectivity index (χ3v) is 10.7. The van der Waals surface area contributed by atoms with Crippen molar-refractivity contribution < 1.29 is 56.2 Å². The first kappa shape index (κ1) is 51.1. The van der Waals surface area contributed by atoms with Gasteiger partial charge in [0.15, 0.2) is 6.29 Å². The molecule has 0 spiro atoms. The molecule has 0 aliphatic carbocycles. The lowest BCUT2D eigenvalue weighted by atomic mass is 9.99. The normalized spacial score (nSPS) is 21.0. The van der Waals surface area contributed by atoms with Crippen molar-refractivity contribution in [3.63, 3.8) is 0 Å². The van der Waals surface area contributed by atoms with Crippen LogP contribution in [0.15, 0.2) is 0 Å². The summed E-state index contributed by atoms with van der Waals surface area (Å²) in [6, 6.07) is 0. The molecule has 0 radical (unpaired) electrons. The zero-order valence-corrected chi connectivity index (χ0v) is 34.9. The number of rotatable bonds is 38. The van der Waals surface area contributed by atoms with Gasteiger partial charge in [-0.25, -0.2) is 4.18 Å². The van der Waals surface area contributed by atoms with Crippen molar-refractivity contribution in [3.05, 3.63) is 0 Å². The molecule has 4 N–H and O–H groups in total. The van der Waals surface area contributed by atoms with Crippen LogP contribution in [0.25, 0.3) is 0 Å². The van der Waals surface area contributed by atoms with Gasteiger partial charge in [0, 0.05) is 13.0 Å². The Bertz CT molecular complexity index is 968. The van der Waals surface area contributed by atoms with Crippen LogP contribution in [0.1, 0.15) is 194 Å². The second-order valence-corrected chi connectivity index (χ2v) is 16.4. The summed E-state index contributed by atoms with van der Waals surface area (Å²) < 4.78 is 58.9. The lowest BCUT2D eigenvalue weighted by molar-refractivity contribution is -0.301. The van der Waals surface area contributed by atoms with E-state index in [1.165, 1.54) is 128 Å². The summed E-state index contributed by atoms with van der Waals surface area (Å²) in [6.07, 6.45) is 24.2. The van der Waals surface area contributed by atoms with Gasteiger partial charge in [0.2, 0.25) is 0 Å². The van der Waals surface area contributed by atoms with E-state index in [1.807, 2.05) is 0 Å². The number of carbonyl (C=O) groups excluding carboxylic acids is 1. The van der Waals surface area contributed by atoms with Crippen LogP contribution in [0.4, 0.5) is 0 Å². The van der Waals surface area contributed by atoms with E-state index in [0.29, 0.717) is 13.0 Å². The molecular weight excluding hydrogens is 717 g/mol. The molecule has 322 valence electrons. The SMILES string of the molecule is CCCCCCCCCCCCCCCCCCOCC(COC1OC(CO)C(O)C(OS(=O)(=O)O)C1O)OC(=O)CCCCCCCCCCCCC. The molecule has 0 aromatic rings. The number of carbonyl (C=O) groups is 1. The van der Waals surface area contributed by atoms with Crippen LogP contribution in [-0.2, 0) is 38.3 Å². The number of esters is 1. The summed E-state index contributed by atoms with van der Waals surface area (Å²) >= 11 is 0. The number of ether oxygens (including phenoxy) is 4. The Morgan fingerprint density at radius 3 is 1.48 bits per heavy atom. The minimum atomic E-state index is -5.05. The Kier molecular flexibility index (Phi) is 32.3. The number of unbranched alkanes of at least 4 members (excludes halogenated alkanes) is 25. The van der Waals surface area contributed by atoms with Crippen LogP contribution in [0.5, 0.6) is 0 Å². The Balaban J connectivity index is 2.42. The topological polar surface area (TPSA) is 178 Å². The zero-order valence-electron chi connectivity index (χ0n) is 34.1. The molecule has 1 saturated heterocycles. The van der Waals surface area contributed by atoms with Gasteiger partial charge in [0.25, 0.3) is 0 Å². The largest absolute Gasteiger partial charge is 0.457 e. The maximum atomic E-state index is 12.8. The van der Waals surface area contributed by atoms with Gasteiger partial charge in [-0.15, -0.1) is 0 Å². The van der Waals surface area contributed by atoms with Crippen molar-refractivity contribution in [2.45, 2.75) is 230 Å². The smallest absolute Gasteiger partial charge is 0.397 e. The average molecular weight is 797 g/mol. The summed E-state index contributed by atoms with van der Waals surface area (Å²) in [5.41, 5.74) is 0. The lowest BCUT2D eigenvalue weighted by Crippen LogP contribution is -2.60. The van der Waals surface area contributed by atoms with E-state index >= 15 is 0 Å². The monoisotopic (exact) mass is 797 g/mol. The molecule has 0 amide bonds. The van der Waals surface area contributed by atoms with E-state index in [9.17, 15) is 28.5 Å². The van der Waals surface area contributed by atoms with E-state index in [1.54, 1.807) is 0 Å². The number of hydrogen-bond donors (Lipinski definition) is 4. The second kappa shape index (κ2) is 34.2. The first-order chi connectivity index (χ1) is 26.1. The number of aliphatic hydroxyl groups is 3. The summed E-state index contributed by atoms with van der Waals surface area (Å²) in [7, 11) is -5.05. The van der Waals surface area contributed by atoms with Crippen LogP contribution < -0.4 is 0 Å². The zero-order chi connectivity index (χ0) is 39.7. The fourth-order valence-corrected chi connectivity index (χ4v) is 7.42. The summed E-state index contributed by atoms with van der Waals surface area (Å²) in [5.74, 6) is -0.396. The fourth-order valence-electron chi connectivity index (χ4n) is 6.91. The molecule has 6 atom stereocenters. The van der Waals surface area contributed by atoms with E-state index in [2.05, 4.69) is 18.0 Å². The third-order valence-electron chi connectivity index (χ3n) is 10.2. The standard InChI is InChI=1S/C41H80O12S/c1-3-5-7-9-11-13-15-16-17-18-19-21-23-25-27-29-31-49-33-35(51-37(43)30-28-26-24-22-20-14-12-10-8-6-4-2)34-50-41-39(45)40(53-54(46,47)48)38(44)36(32-42)52-41/h35-36,38-42,44-45H,3-34H2,1-2H3,(H,46,47,48). The number of aliphatic hydroxyl groups excluding tert-OH is 3. The van der Waals surface area contributed by atoms with Crippen LogP contribution in [0.2, 0.25) is 0 Å². The summed E-state index contributed by atoms with van der Waals surface area (Å²) in [6.45, 7) is 4.01. The third kappa shape index (κ3) is 27.7. The number of hydrogen-bond acceptors (Lipinski definition) is 11. The van der Waals surface area contributed by atoms with Crippen LogP contribution in [-0.4, -0.2) is 97.5 Å². The molecule has 0 saturated carbocycles. The molecule has 1 rings (SSSR count). The predicted octanol–water partition coefficient (Wildman–Crippen LogP) is 8.52. The van der Waals surface area contributed by atoms with Gasteiger partial charge >= 0.3 is 16.4 Å². The Hall–Kier alpha value is -0.900. The molecular formula is C41H80O12S. The van der Waals surface area contributed by atoms with Gasteiger partial charge in [-0.3, -0.25) is 9.35 Å². The van der Waals surface area contributed by atoms with Crippen molar-refractivity contribution in [1.29, 1.82) is 0 Å². The van der Waals surface area contributed by atoms with Crippen molar-refractivity contribution in [2.75, 3.05) is 26.4 Å². The maximum Gasteiger partial charge on any atom is 0.397 e. The molecule has 1 aliphatic rings. The highest BCUT2D eigenvalue weighted by Crippen LogP contribution is 2.26. The molecule has 13 heteroatoms. The van der Waals surface area contributed by atoms with Crippen molar-refractivity contribution >= 4 is 16.4 Å². The molecule has 0 aromatic carbocycles. The van der Waals surface area contributed by atoms with Gasteiger partial charge in [0.05, 0.1) is 19.8 Å². The molecule has 12 nitrogen and oxygen atoms in total. The summed E-state index contributed by atoms with van der Waals surface area (Å²) in [4.78, 5) is 12.8. The summed E-state index contributed by atoms with van der Waals surface area (Å²) in [5, 5.41) is 30.6. The van der Waals surface area contributed by atoms with E-state index < -0.39 is 59.8 Å². The van der Waals surface area contributed by atoms with Gasteiger partial charge < -0.3 is 34.3 Å². The van der Waals surface area contributed by atoms with Crippen molar-refractivity contribution in [2.24, 2.45) is 0 Å². The quantitative estimate of drug-likeness (QED) is 0.0266. The second-order valence-electron chi connectivity index (χ2n) is 15.3. The Morgan fingerprint density at radius 2 is 1.06 bits per heavy atom. The molecule has 0 aromatic heterocycles. The molecule has 54 heavy (non-hydrogen) atoms. The highest BCUT2D eigenvalue weighted by atomic mass is 32.3. The Morgan fingerprint density at radius 1 is 0.630 bits per heavy atom. The van der Waals surface area contributed by atoms with Gasteiger partial charge in [-0.2, -0.15) is 8.42 Å².